The monoisotopic (exact) mass is 310 g/mol. The Morgan fingerprint density at radius 3 is 2.83 bits per heavy atom. The number of nitrogens with zero attached hydrogens (tertiary/aromatic N) is 4. The van der Waals surface area contributed by atoms with Gasteiger partial charge in [0.15, 0.2) is 0 Å². The number of phenols is 1. The lowest BCUT2D eigenvalue weighted by Gasteiger charge is -1.99. The molecule has 0 aliphatic carbocycles. The van der Waals surface area contributed by atoms with Gasteiger partial charge >= 0.3 is 0 Å². The Kier molecular flexibility index (Phi) is 3.53. The molecule has 0 saturated carbocycles. The minimum Gasteiger partial charge on any atom is -0.507 e. The first-order valence-corrected chi connectivity index (χ1v) is 6.90. The number of aryl methyl sites for hydroxylation is 2. The maximum Gasteiger partial charge on any atom is 0.270 e. The molecule has 0 saturated heterocycles. The van der Waals surface area contributed by atoms with Crippen LogP contribution in [0.5, 0.6) is 5.75 Å². The first-order valence-electron chi connectivity index (χ1n) is 6.90. The first kappa shape index (κ1) is 14.7. The lowest BCUT2D eigenvalue weighted by atomic mass is 10.2. The van der Waals surface area contributed by atoms with E-state index in [0.29, 0.717) is 5.69 Å². The minimum absolute atomic E-state index is 0.0610. The lowest BCUT2D eigenvalue weighted by molar-refractivity contribution is -0.384. The van der Waals surface area contributed by atoms with Crippen LogP contribution in [-0.2, 0) is 7.05 Å². The molecule has 1 heterocycles. The van der Waals surface area contributed by atoms with Crippen LogP contribution < -0.4 is 0 Å². The molecule has 0 aliphatic rings. The van der Waals surface area contributed by atoms with Crippen LogP contribution in [0.2, 0.25) is 0 Å². The maximum absolute atomic E-state index is 10.8. The zero-order valence-electron chi connectivity index (χ0n) is 12.6. The van der Waals surface area contributed by atoms with Crippen molar-refractivity contribution in [2.24, 2.45) is 12.0 Å². The number of fused-ring (bicyclic) bond motifs is 1. The molecule has 1 N–H and O–H groups in total. The number of hydrogen-bond acceptors (Lipinski definition) is 5. The fraction of sp³-hybridized carbons (Fsp3) is 0.125. The van der Waals surface area contributed by atoms with Crippen molar-refractivity contribution in [3.05, 3.63) is 57.9 Å². The Bertz CT molecular complexity index is 944. The van der Waals surface area contributed by atoms with Gasteiger partial charge in [-0.2, -0.15) is 0 Å². The lowest BCUT2D eigenvalue weighted by Crippen LogP contribution is -1.90. The summed E-state index contributed by atoms with van der Waals surface area (Å²) in [4.78, 5) is 19.0. The van der Waals surface area contributed by atoms with Gasteiger partial charge in [-0.3, -0.25) is 15.1 Å². The number of phenolic OH excluding ortho intramolecular Hbond substituents is 1. The average molecular weight is 310 g/mol. The normalized spacial score (nSPS) is 11.4. The standard InChI is InChI=1S/C16H14N4O3/c1-10-18-14-8-12(3-5-15(14)19(10)2)17-9-11-7-13(20(22)23)4-6-16(11)21/h3-9,21H,1-2H3. The summed E-state index contributed by atoms with van der Waals surface area (Å²) in [6.45, 7) is 1.92. The molecule has 0 atom stereocenters. The second kappa shape index (κ2) is 5.53. The van der Waals surface area contributed by atoms with Gasteiger partial charge in [-0.25, -0.2) is 4.98 Å². The quantitative estimate of drug-likeness (QED) is 0.456. The number of non-ortho nitro benzene ring substituents is 1. The summed E-state index contributed by atoms with van der Waals surface area (Å²) in [5.74, 6) is 0.839. The van der Waals surface area contributed by atoms with Crippen molar-refractivity contribution in [1.82, 2.24) is 9.55 Å². The molecule has 0 fully saturated rings. The topological polar surface area (TPSA) is 93.6 Å². The average Bonchev–Trinajstić information content (AvgIpc) is 2.80. The summed E-state index contributed by atoms with van der Waals surface area (Å²) in [5, 5.41) is 20.6. The van der Waals surface area contributed by atoms with Gasteiger partial charge in [0.25, 0.3) is 5.69 Å². The number of aromatic nitrogens is 2. The summed E-state index contributed by atoms with van der Waals surface area (Å²) in [6.07, 6.45) is 1.40. The van der Waals surface area contributed by atoms with Crippen molar-refractivity contribution in [3.63, 3.8) is 0 Å². The van der Waals surface area contributed by atoms with Crippen LogP contribution in [0, 0.1) is 17.0 Å². The van der Waals surface area contributed by atoms with Crippen molar-refractivity contribution in [2.75, 3.05) is 0 Å². The van der Waals surface area contributed by atoms with Gasteiger partial charge in [0.2, 0.25) is 0 Å². The van der Waals surface area contributed by atoms with Crippen molar-refractivity contribution >= 4 is 28.6 Å². The molecular formula is C16H14N4O3. The van der Waals surface area contributed by atoms with Crippen LogP contribution in [-0.4, -0.2) is 25.8 Å². The van der Waals surface area contributed by atoms with Crippen LogP contribution in [0.1, 0.15) is 11.4 Å². The number of nitro groups is 1. The van der Waals surface area contributed by atoms with E-state index in [9.17, 15) is 15.2 Å². The van der Waals surface area contributed by atoms with Gasteiger partial charge in [0, 0.05) is 31.0 Å². The van der Waals surface area contributed by atoms with E-state index >= 15 is 0 Å². The van der Waals surface area contributed by atoms with Crippen LogP contribution in [0.4, 0.5) is 11.4 Å². The van der Waals surface area contributed by atoms with E-state index in [2.05, 4.69) is 9.98 Å². The number of aliphatic imine (C=N–C) groups is 1. The summed E-state index contributed by atoms with van der Waals surface area (Å²) in [7, 11) is 1.94. The molecule has 0 unspecified atom stereocenters. The van der Waals surface area contributed by atoms with Gasteiger partial charge in [-0.05, 0) is 31.2 Å². The van der Waals surface area contributed by atoms with Crippen LogP contribution >= 0.6 is 0 Å². The summed E-state index contributed by atoms with van der Waals surface area (Å²) < 4.78 is 1.98. The van der Waals surface area contributed by atoms with Crippen molar-refractivity contribution in [3.8, 4) is 5.75 Å². The van der Waals surface area contributed by atoms with Gasteiger partial charge in [-0.15, -0.1) is 0 Å². The molecule has 0 aliphatic heterocycles. The Morgan fingerprint density at radius 1 is 1.30 bits per heavy atom. The molecule has 2 aromatic carbocycles. The molecule has 23 heavy (non-hydrogen) atoms. The molecule has 3 rings (SSSR count). The van der Waals surface area contributed by atoms with E-state index in [1.165, 1.54) is 24.4 Å². The first-order chi connectivity index (χ1) is 11.0. The van der Waals surface area contributed by atoms with Crippen molar-refractivity contribution in [1.29, 1.82) is 0 Å². The van der Waals surface area contributed by atoms with E-state index in [1.807, 2.05) is 36.7 Å². The van der Waals surface area contributed by atoms with Crippen LogP contribution in [0.15, 0.2) is 41.4 Å². The third kappa shape index (κ3) is 2.76. The highest BCUT2D eigenvalue weighted by atomic mass is 16.6. The molecule has 0 spiro atoms. The van der Waals surface area contributed by atoms with E-state index in [1.54, 1.807) is 0 Å². The third-order valence-corrected chi connectivity index (χ3v) is 3.66. The molecular weight excluding hydrogens is 296 g/mol. The molecule has 7 nitrogen and oxygen atoms in total. The number of benzene rings is 2. The highest BCUT2D eigenvalue weighted by molar-refractivity contribution is 5.87. The molecule has 7 heteroatoms. The number of hydrogen-bond donors (Lipinski definition) is 1. The van der Waals surface area contributed by atoms with Crippen LogP contribution in [0.25, 0.3) is 11.0 Å². The Morgan fingerprint density at radius 2 is 2.09 bits per heavy atom. The Labute approximate surface area is 131 Å². The van der Waals surface area contributed by atoms with E-state index in [0.717, 1.165) is 16.9 Å². The number of aromatic hydroxyl groups is 1. The smallest absolute Gasteiger partial charge is 0.270 e. The highest BCUT2D eigenvalue weighted by Gasteiger charge is 2.09. The second-order valence-corrected chi connectivity index (χ2v) is 5.15. The number of rotatable bonds is 3. The Balaban J connectivity index is 1.96. The molecule has 116 valence electrons. The molecule has 3 aromatic rings. The number of imidazole rings is 1. The van der Waals surface area contributed by atoms with Gasteiger partial charge < -0.3 is 9.67 Å². The molecule has 0 amide bonds. The maximum atomic E-state index is 10.8. The minimum atomic E-state index is -0.514. The SMILES string of the molecule is Cc1nc2cc(N=Cc3cc([N+](=O)[O-])ccc3O)ccc2n1C. The predicted molar refractivity (Wildman–Crippen MR) is 87.5 cm³/mol. The zero-order valence-corrected chi connectivity index (χ0v) is 12.6. The van der Waals surface area contributed by atoms with Gasteiger partial charge in [0.1, 0.15) is 11.6 Å². The predicted octanol–water partition coefficient (Wildman–Crippen LogP) is 3.25. The second-order valence-electron chi connectivity index (χ2n) is 5.15. The molecule has 1 aromatic heterocycles. The highest BCUT2D eigenvalue weighted by Crippen LogP contribution is 2.24. The zero-order chi connectivity index (χ0) is 16.6. The fourth-order valence-corrected chi connectivity index (χ4v) is 2.29. The van der Waals surface area contributed by atoms with E-state index in [-0.39, 0.29) is 17.0 Å². The third-order valence-electron chi connectivity index (χ3n) is 3.66. The van der Waals surface area contributed by atoms with Crippen molar-refractivity contribution < 1.29 is 10.0 Å². The Hall–Kier alpha value is -3.22. The fourth-order valence-electron chi connectivity index (χ4n) is 2.29. The summed E-state index contributed by atoms with van der Waals surface area (Å²) in [5.41, 5.74) is 2.67. The summed E-state index contributed by atoms with van der Waals surface area (Å²) in [6, 6.07) is 9.37. The van der Waals surface area contributed by atoms with E-state index in [4.69, 9.17) is 0 Å². The summed E-state index contributed by atoms with van der Waals surface area (Å²) >= 11 is 0. The van der Waals surface area contributed by atoms with E-state index < -0.39 is 4.92 Å². The molecule has 0 radical (unpaired) electrons. The van der Waals surface area contributed by atoms with Crippen molar-refractivity contribution in [2.45, 2.75) is 6.92 Å². The van der Waals surface area contributed by atoms with Gasteiger partial charge in [0.05, 0.1) is 21.6 Å². The van der Waals surface area contributed by atoms with Crippen LogP contribution in [0.3, 0.4) is 0 Å². The molecule has 0 bridgehead atoms. The number of nitro benzene ring substituents is 1. The van der Waals surface area contributed by atoms with Gasteiger partial charge in [-0.1, -0.05) is 0 Å². The largest absolute Gasteiger partial charge is 0.507 e.